The standard InChI is InChI=1S/C26H33N3O3.C25H31N3O3.Li.H2O/c1-32-26(31)24(20-9-3-2-4-10-20)29-17-15-21(18-29)25(30)27-16-7-11-22-14-13-19-8-5-6-12-23(19)28-22;29-24(26-15-6-10-21-13-12-18-7-4-5-11-22(18)27-21)20-14-16-28(17-20)23(25(30)31)19-8-2-1-3-9-19;;/h2-4,9-10,13-14,21,24H,5-8,11-12,15-18H2,1H3,(H,27,30);1-3,8-9,12-13,20,23H,4-7,10-11,14-17H2,(H,26,29)(H,30,31);;1H2/q;;+1;/p-1/t21-,24?;20-,23+;;/m11../s1. The number of rotatable bonds is 16. The van der Waals surface area contributed by atoms with Crippen molar-refractivity contribution in [2.75, 3.05) is 46.4 Å². The van der Waals surface area contributed by atoms with Gasteiger partial charge in [-0.2, -0.15) is 0 Å². The number of carbonyl (C=O) groups is 4. The van der Waals surface area contributed by atoms with E-state index in [0.717, 1.165) is 80.3 Å². The molecule has 4 heterocycles. The molecule has 2 aromatic heterocycles. The molecule has 4 atom stereocenters. The number of aryl methyl sites for hydroxylation is 6. The summed E-state index contributed by atoms with van der Waals surface area (Å²) in [5, 5.41) is 15.9. The third-order valence-electron chi connectivity index (χ3n) is 13.1. The average molecular weight is 881 g/mol. The SMILES string of the molecule is COC(=O)C(c1ccccc1)N1CC[C@@H](C(=O)NCCCc2ccc3c(n2)CCCC3)C1.O=C(NCCCc1ccc2c(n1)CCCC2)[C@@H]1CCN([C@H](C(=O)O)c2ccccc2)C1.[Li+].[OH-]. The normalized spacial score (nSPS) is 18.8. The van der Waals surface area contributed by atoms with E-state index in [4.69, 9.17) is 14.7 Å². The van der Waals surface area contributed by atoms with E-state index < -0.39 is 18.1 Å². The molecule has 4 N–H and O–H groups in total. The number of carboxylic acid groups (broad SMARTS) is 1. The summed E-state index contributed by atoms with van der Waals surface area (Å²) < 4.78 is 5.04. The number of carbonyl (C=O) groups excluding carboxylic acids is 3. The van der Waals surface area contributed by atoms with Crippen LogP contribution in [0.4, 0.5) is 0 Å². The summed E-state index contributed by atoms with van der Waals surface area (Å²) in [5.74, 6) is -1.32. The number of aliphatic carboxylic acids is 1. The number of ether oxygens (including phenoxy) is 1. The molecule has 0 spiro atoms. The van der Waals surface area contributed by atoms with E-state index in [9.17, 15) is 24.3 Å². The fraction of sp³-hybridized carbons (Fsp3) is 0.490. The molecule has 2 amide bonds. The maximum Gasteiger partial charge on any atom is 1.00 e. The maximum atomic E-state index is 12.7. The molecule has 8 rings (SSSR count). The van der Waals surface area contributed by atoms with Gasteiger partial charge >= 0.3 is 30.8 Å². The Bertz CT molecular complexity index is 2160. The number of nitrogens with one attached hydrogen (secondary N) is 2. The van der Waals surface area contributed by atoms with E-state index in [1.54, 1.807) is 0 Å². The van der Waals surface area contributed by atoms with Crippen molar-refractivity contribution in [2.24, 2.45) is 11.8 Å². The zero-order valence-corrected chi connectivity index (χ0v) is 38.3. The minimum Gasteiger partial charge on any atom is -0.870 e. The number of pyridine rings is 2. The quantitative estimate of drug-likeness (QED) is 0.0854. The van der Waals surface area contributed by atoms with Gasteiger partial charge in [0.1, 0.15) is 12.1 Å². The molecule has 0 saturated carbocycles. The number of aromatic nitrogens is 2. The Labute approximate surface area is 396 Å². The number of likely N-dealkylation sites (tertiary alicyclic amines) is 2. The average Bonchev–Trinajstić information content (AvgIpc) is 4.01. The van der Waals surface area contributed by atoms with Crippen LogP contribution in [0.3, 0.4) is 0 Å². The topological polar surface area (TPSA) is 184 Å². The third kappa shape index (κ3) is 14.1. The number of benzene rings is 2. The zero-order chi connectivity index (χ0) is 44.0. The molecule has 2 aliphatic heterocycles. The van der Waals surface area contributed by atoms with Crippen LogP contribution in [0.1, 0.15) is 108 Å². The summed E-state index contributed by atoms with van der Waals surface area (Å²) in [5.41, 5.74) is 9.20. The van der Waals surface area contributed by atoms with Crippen LogP contribution in [0.15, 0.2) is 84.9 Å². The Balaban J connectivity index is 0.000000237. The van der Waals surface area contributed by atoms with E-state index in [2.05, 4.69) is 39.8 Å². The summed E-state index contributed by atoms with van der Waals surface area (Å²) in [6.07, 6.45) is 14.4. The number of hydrogen-bond acceptors (Lipinski definition) is 10. The monoisotopic (exact) mass is 881 g/mol. The van der Waals surface area contributed by atoms with Crippen LogP contribution in [0.25, 0.3) is 0 Å². The van der Waals surface area contributed by atoms with Crippen molar-refractivity contribution in [3.63, 3.8) is 0 Å². The minimum absolute atomic E-state index is 0. The van der Waals surface area contributed by atoms with Gasteiger partial charge in [-0.05, 0) is 124 Å². The Morgan fingerprint density at radius 2 is 1.08 bits per heavy atom. The number of methoxy groups -OCH3 is 1. The maximum absolute atomic E-state index is 12.7. The Morgan fingerprint density at radius 3 is 1.52 bits per heavy atom. The first-order valence-electron chi connectivity index (χ1n) is 23.2. The molecule has 342 valence electrons. The van der Waals surface area contributed by atoms with Crippen molar-refractivity contribution in [2.45, 2.75) is 102 Å². The summed E-state index contributed by atoms with van der Waals surface area (Å²) in [7, 11) is 1.41. The smallest absolute Gasteiger partial charge is 0.870 e. The Hall–Kier alpha value is -4.90. The van der Waals surface area contributed by atoms with Gasteiger partial charge in [0.2, 0.25) is 11.8 Å². The van der Waals surface area contributed by atoms with E-state index in [-0.39, 0.29) is 54.0 Å². The largest absolute Gasteiger partial charge is 1.00 e. The number of fused-ring (bicyclic) bond motifs is 2. The van der Waals surface area contributed by atoms with E-state index in [0.29, 0.717) is 45.7 Å². The first kappa shape index (κ1) is 51.1. The third-order valence-corrected chi connectivity index (χ3v) is 13.1. The molecule has 0 radical (unpaired) electrons. The first-order valence-corrected chi connectivity index (χ1v) is 23.2. The van der Waals surface area contributed by atoms with E-state index >= 15 is 0 Å². The molecule has 14 heteroatoms. The zero-order valence-electron chi connectivity index (χ0n) is 38.3. The van der Waals surface area contributed by atoms with E-state index in [1.807, 2.05) is 65.6 Å². The fourth-order valence-electron chi connectivity index (χ4n) is 9.64. The van der Waals surface area contributed by atoms with Gasteiger partial charge in [-0.3, -0.25) is 34.2 Å². The molecule has 4 aliphatic rings. The van der Waals surface area contributed by atoms with Gasteiger partial charge in [0, 0.05) is 62.0 Å². The van der Waals surface area contributed by atoms with Crippen molar-refractivity contribution in [3.05, 3.63) is 130 Å². The van der Waals surface area contributed by atoms with Crippen LogP contribution in [0.5, 0.6) is 0 Å². The van der Waals surface area contributed by atoms with Gasteiger partial charge in [-0.1, -0.05) is 72.8 Å². The second-order valence-corrected chi connectivity index (χ2v) is 17.5. The van der Waals surface area contributed by atoms with Crippen molar-refractivity contribution >= 4 is 23.8 Å². The van der Waals surface area contributed by atoms with Crippen LogP contribution in [0, 0.1) is 11.8 Å². The molecule has 0 bridgehead atoms. The van der Waals surface area contributed by atoms with Crippen molar-refractivity contribution in [1.82, 2.24) is 30.4 Å². The molecule has 13 nitrogen and oxygen atoms in total. The summed E-state index contributed by atoms with van der Waals surface area (Å²) in [6, 6.07) is 26.4. The number of esters is 1. The summed E-state index contributed by atoms with van der Waals surface area (Å²) >= 11 is 0. The van der Waals surface area contributed by atoms with Gasteiger partial charge in [-0.25, -0.2) is 4.79 Å². The van der Waals surface area contributed by atoms with Crippen LogP contribution < -0.4 is 29.5 Å². The molecule has 2 aliphatic carbocycles. The van der Waals surface area contributed by atoms with E-state index in [1.165, 1.54) is 55.3 Å². The van der Waals surface area contributed by atoms with Crippen molar-refractivity contribution in [3.8, 4) is 0 Å². The Morgan fingerprint density at radius 1 is 0.646 bits per heavy atom. The second-order valence-electron chi connectivity index (χ2n) is 17.5. The van der Waals surface area contributed by atoms with Crippen molar-refractivity contribution in [1.29, 1.82) is 0 Å². The fourth-order valence-corrected chi connectivity index (χ4v) is 9.64. The minimum atomic E-state index is -0.871. The Kier molecular flexibility index (Phi) is 20.2. The molecule has 2 saturated heterocycles. The number of hydrogen-bond donors (Lipinski definition) is 3. The number of carboxylic acids is 1. The summed E-state index contributed by atoms with van der Waals surface area (Å²) in [4.78, 5) is 63.2. The van der Waals surface area contributed by atoms with Crippen LogP contribution in [0.2, 0.25) is 0 Å². The first-order chi connectivity index (χ1) is 30.8. The number of nitrogens with zero attached hydrogens (tertiary/aromatic N) is 4. The van der Waals surface area contributed by atoms with Gasteiger partial charge in [0.15, 0.2) is 0 Å². The molecule has 1 unspecified atom stereocenters. The van der Waals surface area contributed by atoms with Crippen LogP contribution >= 0.6 is 0 Å². The molecule has 4 aromatic rings. The van der Waals surface area contributed by atoms with Gasteiger partial charge in [0.25, 0.3) is 0 Å². The van der Waals surface area contributed by atoms with Crippen molar-refractivity contribution < 1.29 is 53.4 Å². The van der Waals surface area contributed by atoms with Gasteiger partial charge in [-0.15, -0.1) is 0 Å². The molecular formula is C51H65LiN6O7. The molecular weight excluding hydrogens is 816 g/mol. The van der Waals surface area contributed by atoms with Gasteiger partial charge < -0.3 is 26.0 Å². The van der Waals surface area contributed by atoms with Gasteiger partial charge in [0.05, 0.1) is 18.9 Å². The molecule has 2 aromatic carbocycles. The predicted octanol–water partition coefficient (Wildman–Crippen LogP) is 3.23. The second kappa shape index (κ2) is 25.7. The number of amides is 2. The molecule has 2 fully saturated rings. The van der Waals surface area contributed by atoms with Crippen LogP contribution in [-0.2, 0) is 62.4 Å². The predicted molar refractivity (Wildman–Crippen MR) is 244 cm³/mol. The molecule has 65 heavy (non-hydrogen) atoms. The van der Waals surface area contributed by atoms with Crippen LogP contribution in [-0.4, -0.2) is 100 Å². The summed E-state index contributed by atoms with van der Waals surface area (Å²) in [6.45, 7) is 3.62.